The largest absolute Gasteiger partial charge is 0.381 e. The SMILES string of the molecule is Brc1nn(C2CCOCC2)c2c1COC2. The first-order valence-corrected chi connectivity index (χ1v) is 6.07. The van der Waals surface area contributed by atoms with E-state index in [-0.39, 0.29) is 0 Å². The van der Waals surface area contributed by atoms with Crippen LogP contribution in [-0.4, -0.2) is 23.0 Å². The van der Waals surface area contributed by atoms with Crippen LogP contribution in [-0.2, 0) is 22.7 Å². The summed E-state index contributed by atoms with van der Waals surface area (Å²) in [5, 5.41) is 4.55. The molecule has 0 N–H and O–H groups in total. The Morgan fingerprint density at radius 3 is 2.80 bits per heavy atom. The van der Waals surface area contributed by atoms with Crippen LogP contribution < -0.4 is 0 Å². The van der Waals surface area contributed by atoms with Gasteiger partial charge in [0.15, 0.2) is 0 Å². The fourth-order valence-electron chi connectivity index (χ4n) is 2.25. The van der Waals surface area contributed by atoms with Crippen molar-refractivity contribution in [1.82, 2.24) is 9.78 Å². The molecule has 5 heteroatoms. The smallest absolute Gasteiger partial charge is 0.134 e. The van der Waals surface area contributed by atoms with Gasteiger partial charge in [0.05, 0.1) is 24.9 Å². The predicted octanol–water partition coefficient (Wildman–Crippen LogP) is 2.03. The van der Waals surface area contributed by atoms with Gasteiger partial charge in [-0.2, -0.15) is 5.10 Å². The third kappa shape index (κ3) is 1.62. The summed E-state index contributed by atoms with van der Waals surface area (Å²) >= 11 is 3.49. The van der Waals surface area contributed by atoms with E-state index in [0.717, 1.165) is 30.7 Å². The van der Waals surface area contributed by atoms with Gasteiger partial charge in [-0.05, 0) is 28.8 Å². The Morgan fingerprint density at radius 2 is 2.00 bits per heavy atom. The Bertz CT molecular complexity index is 372. The van der Waals surface area contributed by atoms with Crippen LogP contribution in [0.4, 0.5) is 0 Å². The predicted molar refractivity (Wildman–Crippen MR) is 57.5 cm³/mol. The molecule has 2 aliphatic heterocycles. The van der Waals surface area contributed by atoms with Crippen LogP contribution in [0.1, 0.15) is 30.1 Å². The second-order valence-electron chi connectivity index (χ2n) is 4.00. The number of hydrogen-bond acceptors (Lipinski definition) is 3. The van der Waals surface area contributed by atoms with E-state index in [2.05, 4.69) is 25.7 Å². The molecule has 4 nitrogen and oxygen atoms in total. The third-order valence-electron chi connectivity index (χ3n) is 3.09. The van der Waals surface area contributed by atoms with Gasteiger partial charge in [-0.15, -0.1) is 0 Å². The highest BCUT2D eigenvalue weighted by molar-refractivity contribution is 9.10. The maximum absolute atomic E-state index is 5.45. The number of rotatable bonds is 1. The topological polar surface area (TPSA) is 36.3 Å². The third-order valence-corrected chi connectivity index (χ3v) is 3.73. The number of halogens is 1. The van der Waals surface area contributed by atoms with Gasteiger partial charge in [-0.25, -0.2) is 0 Å². The molecule has 2 aliphatic rings. The molecule has 0 bridgehead atoms. The van der Waals surface area contributed by atoms with Crippen molar-refractivity contribution >= 4 is 15.9 Å². The molecule has 0 radical (unpaired) electrons. The second-order valence-corrected chi connectivity index (χ2v) is 4.75. The van der Waals surface area contributed by atoms with E-state index in [9.17, 15) is 0 Å². The van der Waals surface area contributed by atoms with Crippen molar-refractivity contribution in [3.05, 3.63) is 15.9 Å². The fraction of sp³-hybridized carbons (Fsp3) is 0.700. The fourth-order valence-corrected chi connectivity index (χ4v) is 2.76. The lowest BCUT2D eigenvalue weighted by atomic mass is 10.1. The Hall–Kier alpha value is -0.390. The molecule has 82 valence electrons. The van der Waals surface area contributed by atoms with Gasteiger partial charge >= 0.3 is 0 Å². The summed E-state index contributed by atoms with van der Waals surface area (Å²) in [5.41, 5.74) is 2.47. The zero-order chi connectivity index (χ0) is 10.3. The Labute approximate surface area is 96.7 Å². The lowest BCUT2D eigenvalue weighted by Gasteiger charge is -2.23. The lowest BCUT2D eigenvalue weighted by molar-refractivity contribution is 0.0626. The molecule has 1 aromatic heterocycles. The minimum atomic E-state index is 0.487. The molecule has 1 fully saturated rings. The van der Waals surface area contributed by atoms with Crippen molar-refractivity contribution in [2.45, 2.75) is 32.1 Å². The average Bonchev–Trinajstić information content (AvgIpc) is 2.84. The van der Waals surface area contributed by atoms with Crippen LogP contribution in [0.25, 0.3) is 0 Å². The van der Waals surface area contributed by atoms with E-state index in [0.29, 0.717) is 19.3 Å². The van der Waals surface area contributed by atoms with Crippen LogP contribution in [0, 0.1) is 0 Å². The van der Waals surface area contributed by atoms with E-state index < -0.39 is 0 Å². The summed E-state index contributed by atoms with van der Waals surface area (Å²) < 4.78 is 13.9. The molecule has 3 heterocycles. The molecule has 0 aliphatic carbocycles. The van der Waals surface area contributed by atoms with Gasteiger partial charge < -0.3 is 9.47 Å². The molecular weight excluding hydrogens is 260 g/mol. The lowest BCUT2D eigenvalue weighted by Crippen LogP contribution is -2.21. The summed E-state index contributed by atoms with van der Waals surface area (Å²) in [7, 11) is 0. The zero-order valence-corrected chi connectivity index (χ0v) is 9.99. The van der Waals surface area contributed by atoms with Crippen molar-refractivity contribution in [3.8, 4) is 0 Å². The summed E-state index contributed by atoms with van der Waals surface area (Å²) in [6, 6.07) is 0.487. The monoisotopic (exact) mass is 272 g/mol. The van der Waals surface area contributed by atoms with Gasteiger partial charge in [0.1, 0.15) is 4.60 Å². The number of fused-ring (bicyclic) bond motifs is 1. The quantitative estimate of drug-likeness (QED) is 0.785. The molecular formula is C10H13BrN2O2. The van der Waals surface area contributed by atoms with Crippen molar-refractivity contribution in [2.75, 3.05) is 13.2 Å². The van der Waals surface area contributed by atoms with Crippen LogP contribution in [0.15, 0.2) is 4.60 Å². The highest BCUT2D eigenvalue weighted by Crippen LogP contribution is 2.32. The molecule has 0 saturated carbocycles. The van der Waals surface area contributed by atoms with Crippen molar-refractivity contribution in [1.29, 1.82) is 0 Å². The van der Waals surface area contributed by atoms with Crippen LogP contribution in [0.5, 0.6) is 0 Å². The van der Waals surface area contributed by atoms with Crippen molar-refractivity contribution in [2.24, 2.45) is 0 Å². The van der Waals surface area contributed by atoms with E-state index in [1.54, 1.807) is 0 Å². The first kappa shape index (κ1) is 9.81. The van der Waals surface area contributed by atoms with Crippen molar-refractivity contribution in [3.63, 3.8) is 0 Å². The maximum Gasteiger partial charge on any atom is 0.134 e. The Balaban J connectivity index is 1.93. The summed E-state index contributed by atoms with van der Waals surface area (Å²) in [6.07, 6.45) is 2.11. The van der Waals surface area contributed by atoms with Gasteiger partial charge in [0.2, 0.25) is 0 Å². The molecule has 0 amide bonds. The minimum Gasteiger partial charge on any atom is -0.381 e. The maximum atomic E-state index is 5.45. The van der Waals surface area contributed by atoms with E-state index in [1.165, 1.54) is 11.3 Å². The van der Waals surface area contributed by atoms with Crippen LogP contribution >= 0.6 is 15.9 Å². The molecule has 1 aromatic rings. The Kier molecular flexibility index (Phi) is 2.54. The number of nitrogens with zero attached hydrogens (tertiary/aromatic N) is 2. The summed E-state index contributed by atoms with van der Waals surface area (Å²) in [6.45, 7) is 3.08. The van der Waals surface area contributed by atoms with Gasteiger partial charge in [0, 0.05) is 18.8 Å². The molecule has 0 spiro atoms. The normalized spacial score (nSPS) is 21.9. The van der Waals surface area contributed by atoms with E-state index >= 15 is 0 Å². The first-order chi connectivity index (χ1) is 7.36. The van der Waals surface area contributed by atoms with Gasteiger partial charge in [0.25, 0.3) is 0 Å². The number of aromatic nitrogens is 2. The summed E-state index contributed by atoms with van der Waals surface area (Å²) in [4.78, 5) is 0. The van der Waals surface area contributed by atoms with E-state index in [4.69, 9.17) is 9.47 Å². The van der Waals surface area contributed by atoms with E-state index in [1.807, 2.05) is 0 Å². The van der Waals surface area contributed by atoms with Crippen LogP contribution in [0.3, 0.4) is 0 Å². The highest BCUT2D eigenvalue weighted by Gasteiger charge is 2.26. The number of hydrogen-bond donors (Lipinski definition) is 0. The highest BCUT2D eigenvalue weighted by atomic mass is 79.9. The number of ether oxygens (including phenoxy) is 2. The average molecular weight is 273 g/mol. The standard InChI is InChI=1S/C10H13BrN2O2/c11-10-8-5-15-6-9(8)13(12-10)7-1-3-14-4-2-7/h7H,1-6H2. The Morgan fingerprint density at radius 1 is 1.20 bits per heavy atom. The first-order valence-electron chi connectivity index (χ1n) is 5.27. The minimum absolute atomic E-state index is 0.487. The molecule has 0 aromatic carbocycles. The molecule has 0 atom stereocenters. The molecule has 3 rings (SSSR count). The molecule has 1 saturated heterocycles. The molecule has 0 unspecified atom stereocenters. The second kappa shape index (κ2) is 3.88. The van der Waals surface area contributed by atoms with Crippen LogP contribution in [0.2, 0.25) is 0 Å². The zero-order valence-electron chi connectivity index (χ0n) is 8.41. The summed E-state index contributed by atoms with van der Waals surface area (Å²) in [5.74, 6) is 0. The van der Waals surface area contributed by atoms with Crippen molar-refractivity contribution < 1.29 is 9.47 Å². The molecule has 15 heavy (non-hydrogen) atoms. The van der Waals surface area contributed by atoms with Gasteiger partial charge in [-0.1, -0.05) is 0 Å². The van der Waals surface area contributed by atoms with Gasteiger partial charge in [-0.3, -0.25) is 4.68 Å².